The Morgan fingerprint density at radius 1 is 1.30 bits per heavy atom. The van der Waals surface area contributed by atoms with Crippen molar-refractivity contribution in [2.75, 3.05) is 6.61 Å². The molecule has 3 rings (SSSR count). The van der Waals surface area contributed by atoms with E-state index < -0.39 is 0 Å². The summed E-state index contributed by atoms with van der Waals surface area (Å²) in [6, 6.07) is 2.29. The van der Waals surface area contributed by atoms with Crippen LogP contribution < -0.4 is 5.73 Å². The van der Waals surface area contributed by atoms with E-state index in [0.717, 1.165) is 23.2 Å². The number of ether oxygens (including phenoxy) is 1. The molecule has 1 spiro atoms. The molecule has 0 amide bonds. The first kappa shape index (κ1) is 15.5. The van der Waals surface area contributed by atoms with Crippen LogP contribution in [-0.4, -0.2) is 12.2 Å². The van der Waals surface area contributed by atoms with E-state index in [1.165, 1.54) is 41.5 Å². The second-order valence-corrected chi connectivity index (χ2v) is 9.90. The number of nitrogens with two attached hydrogens (primary N) is 1. The van der Waals surface area contributed by atoms with Crippen LogP contribution in [0, 0.1) is 5.92 Å². The first-order valence-corrected chi connectivity index (χ1v) is 9.84. The third-order valence-corrected chi connectivity index (χ3v) is 7.23. The fourth-order valence-electron chi connectivity index (χ4n) is 3.75. The van der Waals surface area contributed by atoms with E-state index in [9.17, 15) is 0 Å². The summed E-state index contributed by atoms with van der Waals surface area (Å²) in [5.41, 5.74) is 7.96. The molecule has 112 valence electrons. The Kier molecular flexibility index (Phi) is 4.93. The first-order chi connectivity index (χ1) is 9.60. The van der Waals surface area contributed by atoms with E-state index in [4.69, 9.17) is 10.5 Å². The van der Waals surface area contributed by atoms with Gasteiger partial charge in [0, 0.05) is 12.6 Å². The highest BCUT2D eigenvalue weighted by Crippen LogP contribution is 2.45. The highest BCUT2D eigenvalue weighted by molar-refractivity contribution is 9.12. The summed E-state index contributed by atoms with van der Waals surface area (Å²) in [6.07, 6.45) is 8.67. The van der Waals surface area contributed by atoms with Gasteiger partial charge in [-0.05, 0) is 75.1 Å². The van der Waals surface area contributed by atoms with Crippen molar-refractivity contribution in [3.05, 3.63) is 19.2 Å². The maximum atomic E-state index is 6.57. The van der Waals surface area contributed by atoms with Crippen LogP contribution >= 0.6 is 43.2 Å². The number of hydrogen-bond donors (Lipinski definition) is 1. The molecule has 0 bridgehead atoms. The number of thiophene rings is 1. The summed E-state index contributed by atoms with van der Waals surface area (Å²) in [4.78, 5) is 0. The van der Waals surface area contributed by atoms with Crippen LogP contribution in [0.5, 0.6) is 0 Å². The quantitative estimate of drug-likeness (QED) is 0.691. The first-order valence-electron chi connectivity index (χ1n) is 7.44. The summed E-state index contributed by atoms with van der Waals surface area (Å²) in [5.74, 6) is 0.541. The zero-order valence-corrected chi connectivity index (χ0v) is 15.5. The molecule has 0 aromatic carbocycles. The lowest BCUT2D eigenvalue weighted by molar-refractivity contribution is -0.120. The van der Waals surface area contributed by atoms with Crippen molar-refractivity contribution < 1.29 is 4.74 Å². The Morgan fingerprint density at radius 2 is 2.05 bits per heavy atom. The molecule has 5 heteroatoms. The summed E-state index contributed by atoms with van der Waals surface area (Å²) in [6.45, 7) is 0.876. The lowest BCUT2D eigenvalue weighted by atomic mass is 9.73. The average molecular weight is 423 g/mol. The van der Waals surface area contributed by atoms with Gasteiger partial charge in [0.15, 0.2) is 0 Å². The molecular weight excluding hydrogens is 402 g/mol. The van der Waals surface area contributed by atoms with Crippen LogP contribution in [0.2, 0.25) is 0 Å². The molecular formula is C15H21Br2NOS. The van der Waals surface area contributed by atoms with Crippen molar-refractivity contribution in [1.82, 2.24) is 0 Å². The van der Waals surface area contributed by atoms with Gasteiger partial charge in [-0.3, -0.25) is 0 Å². The average Bonchev–Trinajstić information content (AvgIpc) is 2.78. The van der Waals surface area contributed by atoms with Gasteiger partial charge < -0.3 is 10.5 Å². The normalized spacial score (nSPS) is 27.6. The summed E-state index contributed by atoms with van der Waals surface area (Å²) >= 11 is 8.91. The topological polar surface area (TPSA) is 35.2 Å². The third-order valence-electron chi connectivity index (χ3n) is 4.85. The van der Waals surface area contributed by atoms with E-state index >= 15 is 0 Å². The third kappa shape index (κ3) is 3.17. The molecule has 2 fully saturated rings. The molecule has 20 heavy (non-hydrogen) atoms. The SMILES string of the molecule is NC(c1cc(Br)sc1Br)C1CCOC2(CCCCC2)C1. The molecule has 2 heterocycles. The monoisotopic (exact) mass is 421 g/mol. The Morgan fingerprint density at radius 3 is 2.70 bits per heavy atom. The van der Waals surface area contributed by atoms with Crippen molar-refractivity contribution in [1.29, 1.82) is 0 Å². The molecule has 2 N–H and O–H groups in total. The van der Waals surface area contributed by atoms with E-state index in [0.29, 0.717) is 5.92 Å². The summed E-state index contributed by atoms with van der Waals surface area (Å²) in [7, 11) is 0. The van der Waals surface area contributed by atoms with Crippen molar-refractivity contribution in [2.45, 2.75) is 56.6 Å². The van der Waals surface area contributed by atoms with Crippen molar-refractivity contribution >= 4 is 43.2 Å². The molecule has 2 atom stereocenters. The maximum absolute atomic E-state index is 6.57. The number of rotatable bonds is 2. The minimum Gasteiger partial charge on any atom is -0.375 e. The number of hydrogen-bond acceptors (Lipinski definition) is 3. The fourth-order valence-corrected chi connectivity index (χ4v) is 6.71. The predicted molar refractivity (Wildman–Crippen MR) is 91.1 cm³/mol. The van der Waals surface area contributed by atoms with Gasteiger partial charge in [0.25, 0.3) is 0 Å². The van der Waals surface area contributed by atoms with Gasteiger partial charge in [-0.25, -0.2) is 0 Å². The molecule has 1 saturated heterocycles. The largest absolute Gasteiger partial charge is 0.375 e. The Hall–Kier alpha value is 0.580. The van der Waals surface area contributed by atoms with E-state index in [1.807, 2.05) is 0 Å². The minimum absolute atomic E-state index is 0.120. The van der Waals surface area contributed by atoms with Crippen LogP contribution in [0.4, 0.5) is 0 Å². The van der Waals surface area contributed by atoms with Gasteiger partial charge in [-0.15, -0.1) is 11.3 Å². The van der Waals surface area contributed by atoms with Crippen molar-refractivity contribution in [3.8, 4) is 0 Å². The van der Waals surface area contributed by atoms with Gasteiger partial charge >= 0.3 is 0 Å². The summed E-state index contributed by atoms with van der Waals surface area (Å²) < 4.78 is 8.50. The zero-order chi connectivity index (χ0) is 14.2. The fraction of sp³-hybridized carbons (Fsp3) is 0.733. The molecule has 2 aliphatic rings. The standard InChI is InChI=1S/C15H21Br2NOS/c16-12-8-11(14(17)20-12)13(18)10-4-7-19-15(9-10)5-2-1-3-6-15/h8,10,13H,1-7,9,18H2. The van der Waals surface area contributed by atoms with Crippen LogP contribution in [0.15, 0.2) is 13.6 Å². The second-order valence-electron chi connectivity index (χ2n) is 6.15. The van der Waals surface area contributed by atoms with Gasteiger partial charge in [0.05, 0.1) is 13.2 Å². The van der Waals surface area contributed by atoms with Crippen LogP contribution in [-0.2, 0) is 4.74 Å². The van der Waals surface area contributed by atoms with Gasteiger partial charge in [-0.2, -0.15) is 0 Å². The molecule has 0 radical (unpaired) electrons. The molecule has 1 aliphatic carbocycles. The highest BCUT2D eigenvalue weighted by Gasteiger charge is 2.40. The Bertz CT molecular complexity index is 465. The minimum atomic E-state index is 0.120. The predicted octanol–water partition coefficient (Wildman–Crippen LogP) is 5.40. The van der Waals surface area contributed by atoms with E-state index in [2.05, 4.69) is 37.9 Å². The summed E-state index contributed by atoms with van der Waals surface area (Å²) in [5, 5.41) is 0. The van der Waals surface area contributed by atoms with Crippen LogP contribution in [0.3, 0.4) is 0 Å². The van der Waals surface area contributed by atoms with E-state index in [1.54, 1.807) is 11.3 Å². The van der Waals surface area contributed by atoms with Gasteiger partial charge in [0.1, 0.15) is 0 Å². The van der Waals surface area contributed by atoms with Crippen molar-refractivity contribution in [2.24, 2.45) is 11.7 Å². The lowest BCUT2D eigenvalue weighted by Crippen LogP contribution is -2.44. The van der Waals surface area contributed by atoms with Crippen molar-refractivity contribution in [3.63, 3.8) is 0 Å². The van der Waals surface area contributed by atoms with Gasteiger partial charge in [0.2, 0.25) is 0 Å². The zero-order valence-electron chi connectivity index (χ0n) is 11.5. The smallest absolute Gasteiger partial charge is 0.0758 e. The van der Waals surface area contributed by atoms with Crippen LogP contribution in [0.25, 0.3) is 0 Å². The maximum Gasteiger partial charge on any atom is 0.0758 e. The second kappa shape index (κ2) is 6.37. The van der Waals surface area contributed by atoms with Crippen LogP contribution in [0.1, 0.15) is 56.6 Å². The van der Waals surface area contributed by atoms with E-state index in [-0.39, 0.29) is 11.6 Å². The lowest BCUT2D eigenvalue weighted by Gasteiger charge is -2.45. The molecule has 1 aliphatic heterocycles. The van der Waals surface area contributed by atoms with Gasteiger partial charge in [-0.1, -0.05) is 19.3 Å². The molecule has 1 saturated carbocycles. The Labute approximate surface area is 141 Å². The Balaban J connectivity index is 1.74. The molecule has 1 aromatic heterocycles. The molecule has 2 nitrogen and oxygen atoms in total. The highest BCUT2D eigenvalue weighted by atomic mass is 79.9. The molecule has 2 unspecified atom stereocenters. The molecule has 1 aromatic rings. The number of halogens is 2.